The molecule has 0 bridgehead atoms. The zero-order valence-corrected chi connectivity index (χ0v) is 19.1. The fourth-order valence-electron chi connectivity index (χ4n) is 4.58. The summed E-state index contributed by atoms with van der Waals surface area (Å²) in [4.78, 5) is 26.6. The predicted octanol–water partition coefficient (Wildman–Crippen LogP) is 2.61. The van der Waals surface area contributed by atoms with E-state index in [1.165, 1.54) is 13.2 Å². The van der Waals surface area contributed by atoms with Crippen LogP contribution in [0.25, 0.3) is 0 Å². The Labute approximate surface area is 196 Å². The molecule has 1 atom stereocenters. The zero-order chi connectivity index (χ0) is 24.4. The quantitative estimate of drug-likeness (QED) is 0.628. The molecule has 0 spiro atoms. The summed E-state index contributed by atoms with van der Waals surface area (Å²) in [6.45, 7) is 3.92. The second kappa shape index (κ2) is 9.79. The van der Waals surface area contributed by atoms with Gasteiger partial charge in [-0.3, -0.25) is 4.79 Å². The molecule has 2 aliphatic heterocycles. The van der Waals surface area contributed by atoms with Crippen molar-refractivity contribution in [1.82, 2.24) is 10.2 Å². The standard InChI is InChI=1S/C25H26FN3O5/c1-14-17(3-4-18-20(14)13-34-25(18)32)22(30)12-29-7-5-16(6-8-29)28-24(31)19-9-15(11-27)21(26)10-23(19)33-2/h3-4,9-10,16,22,30H,5-8,12-13H2,1-2H3,(H,28,31)/t22-/m1/s1. The van der Waals surface area contributed by atoms with Crippen LogP contribution in [0.1, 0.15) is 61.9 Å². The largest absolute Gasteiger partial charge is 0.496 e. The Kier molecular flexibility index (Phi) is 6.82. The molecule has 34 heavy (non-hydrogen) atoms. The van der Waals surface area contributed by atoms with E-state index in [0.717, 1.165) is 22.8 Å². The summed E-state index contributed by atoms with van der Waals surface area (Å²) in [7, 11) is 1.34. The summed E-state index contributed by atoms with van der Waals surface area (Å²) < 4.78 is 24.0. The fraction of sp³-hybridized carbons (Fsp3) is 0.400. The van der Waals surface area contributed by atoms with E-state index in [4.69, 9.17) is 14.7 Å². The van der Waals surface area contributed by atoms with E-state index in [2.05, 4.69) is 10.2 Å². The summed E-state index contributed by atoms with van der Waals surface area (Å²) >= 11 is 0. The minimum Gasteiger partial charge on any atom is -0.496 e. The Morgan fingerprint density at radius 1 is 1.38 bits per heavy atom. The number of piperidine rings is 1. The van der Waals surface area contributed by atoms with Crippen LogP contribution in [0.3, 0.4) is 0 Å². The third-order valence-corrected chi connectivity index (χ3v) is 6.58. The predicted molar refractivity (Wildman–Crippen MR) is 120 cm³/mol. The number of rotatable bonds is 6. The molecular weight excluding hydrogens is 441 g/mol. The SMILES string of the molecule is COc1cc(F)c(C#N)cc1C(=O)NC1CCN(C[C@@H](O)c2ccc3c(c2C)COC3=O)CC1. The molecule has 0 radical (unpaired) electrons. The van der Waals surface area contributed by atoms with Crippen molar-refractivity contribution in [1.29, 1.82) is 5.26 Å². The highest BCUT2D eigenvalue weighted by atomic mass is 19.1. The van der Waals surface area contributed by atoms with Crippen LogP contribution < -0.4 is 10.1 Å². The van der Waals surface area contributed by atoms with E-state index in [1.54, 1.807) is 18.2 Å². The maximum Gasteiger partial charge on any atom is 0.338 e. The van der Waals surface area contributed by atoms with Crippen molar-refractivity contribution in [2.24, 2.45) is 0 Å². The molecule has 1 saturated heterocycles. The lowest BCUT2D eigenvalue weighted by molar-refractivity contribution is 0.0534. The number of esters is 1. The maximum absolute atomic E-state index is 13.8. The molecule has 2 aromatic rings. The first-order valence-electron chi connectivity index (χ1n) is 11.1. The number of aliphatic hydroxyl groups is 1. The Morgan fingerprint density at radius 3 is 2.79 bits per heavy atom. The van der Waals surface area contributed by atoms with Crippen molar-refractivity contribution in [3.05, 3.63) is 63.5 Å². The average molecular weight is 467 g/mol. The molecule has 0 saturated carbocycles. The molecule has 2 aromatic carbocycles. The van der Waals surface area contributed by atoms with Gasteiger partial charge in [-0.15, -0.1) is 0 Å². The van der Waals surface area contributed by atoms with Gasteiger partial charge in [0.1, 0.15) is 24.2 Å². The van der Waals surface area contributed by atoms with E-state index in [1.807, 2.05) is 6.92 Å². The number of hydrogen-bond acceptors (Lipinski definition) is 7. The first-order valence-corrected chi connectivity index (χ1v) is 11.1. The van der Waals surface area contributed by atoms with Gasteiger partial charge in [-0.2, -0.15) is 5.26 Å². The molecule has 1 amide bonds. The summed E-state index contributed by atoms with van der Waals surface area (Å²) in [5.74, 6) is -1.41. The molecular formula is C25H26FN3O5. The number of fused-ring (bicyclic) bond motifs is 1. The lowest BCUT2D eigenvalue weighted by Crippen LogP contribution is -2.45. The van der Waals surface area contributed by atoms with Gasteiger partial charge in [-0.1, -0.05) is 6.07 Å². The number of cyclic esters (lactones) is 1. The Bertz CT molecular complexity index is 1170. The van der Waals surface area contributed by atoms with E-state index < -0.39 is 17.8 Å². The van der Waals surface area contributed by atoms with Gasteiger partial charge in [0, 0.05) is 37.3 Å². The van der Waals surface area contributed by atoms with Gasteiger partial charge in [0.15, 0.2) is 0 Å². The van der Waals surface area contributed by atoms with Crippen molar-refractivity contribution >= 4 is 11.9 Å². The second-order valence-corrected chi connectivity index (χ2v) is 8.59. The number of carbonyl (C=O) groups is 2. The highest BCUT2D eigenvalue weighted by Crippen LogP contribution is 2.30. The van der Waals surface area contributed by atoms with E-state index in [0.29, 0.717) is 38.0 Å². The Morgan fingerprint density at radius 2 is 2.12 bits per heavy atom. The van der Waals surface area contributed by atoms with Crippen LogP contribution in [0.5, 0.6) is 5.75 Å². The number of ether oxygens (including phenoxy) is 2. The molecule has 8 nitrogen and oxygen atoms in total. The average Bonchev–Trinajstić information content (AvgIpc) is 3.21. The van der Waals surface area contributed by atoms with Crippen LogP contribution in [0.15, 0.2) is 24.3 Å². The topological polar surface area (TPSA) is 112 Å². The highest BCUT2D eigenvalue weighted by Gasteiger charge is 2.28. The highest BCUT2D eigenvalue weighted by molar-refractivity contribution is 5.97. The number of β-amino-alcohol motifs (C(OH)–C–C–N with tert-alkyl or cyclic N) is 1. The summed E-state index contributed by atoms with van der Waals surface area (Å²) in [6.07, 6.45) is 0.650. The molecule has 2 heterocycles. The summed E-state index contributed by atoms with van der Waals surface area (Å²) in [5.41, 5.74) is 2.95. The number of aliphatic hydroxyl groups excluding tert-OH is 1. The van der Waals surface area contributed by atoms with Crippen LogP contribution in [0, 0.1) is 24.1 Å². The maximum atomic E-state index is 13.8. The normalized spacial score (nSPS) is 17.0. The van der Waals surface area contributed by atoms with Crippen LogP contribution in [0.4, 0.5) is 4.39 Å². The first kappa shape index (κ1) is 23.7. The van der Waals surface area contributed by atoms with Gasteiger partial charge in [-0.05, 0) is 43.0 Å². The number of nitriles is 1. The lowest BCUT2D eigenvalue weighted by atomic mass is 9.94. The van der Waals surface area contributed by atoms with Crippen molar-refractivity contribution in [2.75, 3.05) is 26.7 Å². The first-order chi connectivity index (χ1) is 16.3. The zero-order valence-electron chi connectivity index (χ0n) is 19.1. The van der Waals surface area contributed by atoms with Gasteiger partial charge >= 0.3 is 5.97 Å². The van der Waals surface area contributed by atoms with E-state index in [9.17, 15) is 19.1 Å². The number of likely N-dealkylation sites (tertiary alicyclic amines) is 1. The minimum absolute atomic E-state index is 0.0753. The van der Waals surface area contributed by atoms with Crippen molar-refractivity contribution < 1.29 is 28.6 Å². The molecule has 2 aliphatic rings. The van der Waals surface area contributed by atoms with Crippen molar-refractivity contribution in [2.45, 2.75) is 38.5 Å². The van der Waals surface area contributed by atoms with Gasteiger partial charge in [0.2, 0.25) is 0 Å². The number of methoxy groups -OCH3 is 1. The molecule has 0 aromatic heterocycles. The van der Waals surface area contributed by atoms with Gasteiger partial charge in [0.05, 0.1) is 29.9 Å². The Hall–Kier alpha value is -3.48. The van der Waals surface area contributed by atoms with Gasteiger partial charge < -0.3 is 24.8 Å². The Balaban J connectivity index is 1.34. The molecule has 0 unspecified atom stereocenters. The smallest absolute Gasteiger partial charge is 0.338 e. The van der Waals surface area contributed by atoms with Gasteiger partial charge in [-0.25, -0.2) is 9.18 Å². The third-order valence-electron chi connectivity index (χ3n) is 6.58. The number of halogens is 1. The number of nitrogens with zero attached hydrogens (tertiary/aromatic N) is 2. The van der Waals surface area contributed by atoms with E-state index >= 15 is 0 Å². The fourth-order valence-corrected chi connectivity index (χ4v) is 4.58. The molecule has 2 N–H and O–H groups in total. The van der Waals surface area contributed by atoms with Crippen LogP contribution in [-0.4, -0.2) is 54.7 Å². The monoisotopic (exact) mass is 467 g/mol. The third kappa shape index (κ3) is 4.60. The van der Waals surface area contributed by atoms with Gasteiger partial charge in [0.25, 0.3) is 5.91 Å². The van der Waals surface area contributed by atoms with Crippen LogP contribution >= 0.6 is 0 Å². The van der Waals surface area contributed by atoms with Crippen molar-refractivity contribution in [3.8, 4) is 11.8 Å². The molecule has 178 valence electrons. The summed E-state index contributed by atoms with van der Waals surface area (Å²) in [6, 6.07) is 7.38. The number of benzene rings is 2. The number of hydrogen-bond donors (Lipinski definition) is 2. The number of carbonyl (C=O) groups excluding carboxylic acids is 2. The second-order valence-electron chi connectivity index (χ2n) is 8.59. The summed E-state index contributed by atoms with van der Waals surface area (Å²) in [5, 5.41) is 22.8. The number of amides is 1. The van der Waals surface area contributed by atoms with Crippen molar-refractivity contribution in [3.63, 3.8) is 0 Å². The molecule has 1 fully saturated rings. The minimum atomic E-state index is -0.736. The number of nitrogens with one attached hydrogen (secondary N) is 1. The lowest BCUT2D eigenvalue weighted by Gasteiger charge is -2.34. The van der Waals surface area contributed by atoms with Crippen LogP contribution in [-0.2, 0) is 11.3 Å². The van der Waals surface area contributed by atoms with E-state index in [-0.39, 0.29) is 35.5 Å². The molecule has 9 heteroatoms. The van der Waals surface area contributed by atoms with Crippen LogP contribution in [0.2, 0.25) is 0 Å². The molecule has 0 aliphatic carbocycles. The molecule has 4 rings (SSSR count).